The fourth-order valence-corrected chi connectivity index (χ4v) is 2.86. The van der Waals surface area contributed by atoms with E-state index in [4.69, 9.17) is 5.10 Å². The lowest BCUT2D eigenvalue weighted by Gasteiger charge is -2.06. The van der Waals surface area contributed by atoms with E-state index >= 15 is 0 Å². The van der Waals surface area contributed by atoms with E-state index in [1.165, 1.54) is 11.8 Å². The molecule has 2 aromatic carbocycles. The molecule has 7 nitrogen and oxygen atoms in total. The fraction of sp³-hybridized carbons (Fsp3) is 0.217. The molecule has 7 heteroatoms. The Labute approximate surface area is 175 Å². The second-order valence-corrected chi connectivity index (χ2v) is 7.09. The van der Waals surface area contributed by atoms with Gasteiger partial charge in [-0.25, -0.2) is 10.1 Å². The first-order valence-electron chi connectivity index (χ1n) is 9.86. The van der Waals surface area contributed by atoms with Crippen LogP contribution in [0, 0.1) is 0 Å². The van der Waals surface area contributed by atoms with Crippen LogP contribution < -0.4 is 10.7 Å². The van der Waals surface area contributed by atoms with Crippen LogP contribution >= 0.6 is 0 Å². The molecule has 0 aliphatic carbocycles. The van der Waals surface area contributed by atoms with Gasteiger partial charge >= 0.3 is 11.8 Å². The zero-order chi connectivity index (χ0) is 21.5. The van der Waals surface area contributed by atoms with E-state index in [1.54, 1.807) is 18.5 Å². The molecule has 0 spiro atoms. The molecule has 0 atom stereocenters. The second kappa shape index (κ2) is 9.65. The van der Waals surface area contributed by atoms with Crippen LogP contribution in [0.4, 0.5) is 0 Å². The Morgan fingerprint density at radius 3 is 2.40 bits per heavy atom. The summed E-state index contributed by atoms with van der Waals surface area (Å²) in [5, 5.41) is 11.2. The molecule has 0 aliphatic rings. The number of benzene rings is 2. The van der Waals surface area contributed by atoms with Crippen LogP contribution in [0.3, 0.4) is 0 Å². The van der Waals surface area contributed by atoms with E-state index < -0.39 is 11.8 Å². The number of hydrazone groups is 1. The van der Waals surface area contributed by atoms with Gasteiger partial charge < -0.3 is 5.32 Å². The largest absolute Gasteiger partial charge is 0.346 e. The molecule has 0 aliphatic heterocycles. The van der Waals surface area contributed by atoms with Gasteiger partial charge in [-0.15, -0.1) is 0 Å². The van der Waals surface area contributed by atoms with Crippen molar-refractivity contribution in [3.63, 3.8) is 0 Å². The smallest absolute Gasteiger partial charge is 0.329 e. The Bertz CT molecular complexity index is 1040. The van der Waals surface area contributed by atoms with Crippen LogP contribution in [0.1, 0.15) is 31.9 Å². The number of para-hydroxylation sites is 1. The van der Waals surface area contributed by atoms with Crippen molar-refractivity contribution in [2.24, 2.45) is 5.10 Å². The third kappa shape index (κ3) is 5.20. The minimum atomic E-state index is -0.816. The van der Waals surface area contributed by atoms with Gasteiger partial charge in [0.15, 0.2) is 0 Å². The molecule has 1 aromatic heterocycles. The molecule has 0 unspecified atom stereocenters. The Morgan fingerprint density at radius 1 is 1.07 bits per heavy atom. The van der Waals surface area contributed by atoms with Gasteiger partial charge in [0, 0.05) is 23.4 Å². The maximum Gasteiger partial charge on any atom is 0.329 e. The molecule has 0 saturated carbocycles. The summed E-state index contributed by atoms with van der Waals surface area (Å²) in [5.74, 6) is -1.54. The zero-order valence-electron chi connectivity index (χ0n) is 17.3. The number of aromatic nitrogens is 2. The van der Waals surface area contributed by atoms with Gasteiger partial charge in [0.2, 0.25) is 0 Å². The molecule has 2 N–H and O–H groups in total. The van der Waals surface area contributed by atoms with E-state index in [2.05, 4.69) is 34.9 Å². The van der Waals surface area contributed by atoms with Crippen molar-refractivity contribution in [1.82, 2.24) is 20.5 Å². The van der Waals surface area contributed by atoms with Gasteiger partial charge in [0.1, 0.15) is 5.69 Å². The number of nitrogens with zero attached hydrogens (tertiary/aromatic N) is 3. The molecule has 0 fully saturated rings. The average Bonchev–Trinajstić information content (AvgIpc) is 3.18. The number of hydrogen-bond donors (Lipinski definition) is 2. The van der Waals surface area contributed by atoms with Crippen molar-refractivity contribution in [3.05, 3.63) is 71.9 Å². The highest BCUT2D eigenvalue weighted by molar-refractivity contribution is 6.35. The van der Waals surface area contributed by atoms with Crippen molar-refractivity contribution >= 4 is 18.0 Å². The maximum atomic E-state index is 11.9. The Balaban J connectivity index is 1.88. The van der Waals surface area contributed by atoms with Gasteiger partial charge in [-0.1, -0.05) is 49.4 Å². The lowest BCUT2D eigenvalue weighted by Crippen LogP contribution is -2.41. The molecule has 0 saturated heterocycles. The molecule has 2 amide bonds. The van der Waals surface area contributed by atoms with Crippen molar-refractivity contribution in [2.45, 2.75) is 33.2 Å². The SMILES string of the molecule is CCc1ccc(-c2nn(-c3ccccc3)cc2/C=N\NC(=O)C(=O)NC(C)C)cc1. The first-order valence-corrected chi connectivity index (χ1v) is 9.86. The van der Waals surface area contributed by atoms with Gasteiger partial charge in [0.05, 0.1) is 11.9 Å². The van der Waals surface area contributed by atoms with E-state index in [-0.39, 0.29) is 6.04 Å². The van der Waals surface area contributed by atoms with Crippen LogP contribution in [0.5, 0.6) is 0 Å². The van der Waals surface area contributed by atoms with Gasteiger partial charge in [-0.2, -0.15) is 10.2 Å². The number of hydrogen-bond acceptors (Lipinski definition) is 4. The lowest BCUT2D eigenvalue weighted by molar-refractivity contribution is -0.139. The van der Waals surface area contributed by atoms with Crippen molar-refractivity contribution in [1.29, 1.82) is 0 Å². The van der Waals surface area contributed by atoms with E-state index in [0.717, 1.165) is 23.4 Å². The highest BCUT2D eigenvalue weighted by atomic mass is 16.2. The summed E-state index contributed by atoms with van der Waals surface area (Å²) in [6.45, 7) is 5.67. The molecule has 30 heavy (non-hydrogen) atoms. The van der Waals surface area contributed by atoms with Gasteiger partial charge in [-0.05, 0) is 38.0 Å². The predicted octanol–water partition coefficient (Wildman–Crippen LogP) is 3.08. The third-order valence-electron chi connectivity index (χ3n) is 4.39. The van der Waals surface area contributed by atoms with E-state index in [9.17, 15) is 9.59 Å². The number of aryl methyl sites for hydroxylation is 1. The van der Waals surface area contributed by atoms with Crippen molar-refractivity contribution in [2.75, 3.05) is 0 Å². The van der Waals surface area contributed by atoms with Crippen LogP contribution in [-0.2, 0) is 16.0 Å². The summed E-state index contributed by atoms with van der Waals surface area (Å²) < 4.78 is 1.76. The number of rotatable bonds is 6. The minimum Gasteiger partial charge on any atom is -0.346 e. The Kier molecular flexibility index (Phi) is 6.75. The number of amides is 2. The van der Waals surface area contributed by atoms with Crippen molar-refractivity contribution in [3.8, 4) is 16.9 Å². The average molecular weight is 403 g/mol. The fourth-order valence-electron chi connectivity index (χ4n) is 2.86. The first-order chi connectivity index (χ1) is 14.5. The molecule has 3 aromatic rings. The maximum absolute atomic E-state index is 11.9. The van der Waals surface area contributed by atoms with Crippen LogP contribution in [0.15, 0.2) is 65.9 Å². The summed E-state index contributed by atoms with van der Waals surface area (Å²) in [7, 11) is 0. The summed E-state index contributed by atoms with van der Waals surface area (Å²) in [6.07, 6.45) is 4.29. The second-order valence-electron chi connectivity index (χ2n) is 7.09. The van der Waals surface area contributed by atoms with E-state index in [0.29, 0.717) is 5.56 Å². The lowest BCUT2D eigenvalue weighted by atomic mass is 10.1. The predicted molar refractivity (Wildman–Crippen MR) is 117 cm³/mol. The summed E-state index contributed by atoms with van der Waals surface area (Å²) in [6, 6.07) is 17.8. The first kappa shape index (κ1) is 21.0. The molecular formula is C23H25N5O2. The molecular weight excluding hydrogens is 378 g/mol. The quantitative estimate of drug-likeness (QED) is 0.377. The van der Waals surface area contributed by atoms with Crippen molar-refractivity contribution < 1.29 is 9.59 Å². The Morgan fingerprint density at radius 2 is 1.77 bits per heavy atom. The highest BCUT2D eigenvalue weighted by Crippen LogP contribution is 2.23. The molecule has 3 rings (SSSR count). The number of carbonyl (C=O) groups excluding carboxylic acids is 2. The highest BCUT2D eigenvalue weighted by Gasteiger charge is 2.14. The van der Waals surface area contributed by atoms with Crippen LogP contribution in [0.2, 0.25) is 0 Å². The molecule has 0 bridgehead atoms. The molecule has 0 radical (unpaired) electrons. The third-order valence-corrected chi connectivity index (χ3v) is 4.39. The van der Waals surface area contributed by atoms with E-state index in [1.807, 2.05) is 48.7 Å². The van der Waals surface area contributed by atoms with Gasteiger partial charge in [0.25, 0.3) is 0 Å². The molecule has 154 valence electrons. The summed E-state index contributed by atoms with van der Waals surface area (Å²) in [4.78, 5) is 23.6. The Hall–Kier alpha value is -3.74. The minimum absolute atomic E-state index is 0.131. The monoisotopic (exact) mass is 403 g/mol. The number of carbonyl (C=O) groups is 2. The topological polar surface area (TPSA) is 88.4 Å². The normalized spacial score (nSPS) is 11.1. The number of nitrogens with one attached hydrogen (secondary N) is 2. The standard InChI is InChI=1S/C23H25N5O2/c1-4-17-10-12-18(13-11-17)21-19(14-24-26-23(30)22(29)25-16(2)3)15-28(27-21)20-8-6-5-7-9-20/h5-16H,4H2,1-3H3,(H,25,29)(H,26,30)/b24-14-. The van der Waals surface area contributed by atoms with Gasteiger partial charge in [-0.3, -0.25) is 9.59 Å². The van der Waals surface area contributed by atoms with Crippen LogP contribution in [-0.4, -0.2) is 33.9 Å². The summed E-state index contributed by atoms with van der Waals surface area (Å²) in [5.41, 5.74) is 6.79. The summed E-state index contributed by atoms with van der Waals surface area (Å²) >= 11 is 0. The molecule has 1 heterocycles. The zero-order valence-corrected chi connectivity index (χ0v) is 17.3. The van der Waals surface area contributed by atoms with Crippen LogP contribution in [0.25, 0.3) is 16.9 Å².